The Bertz CT molecular complexity index is 915. The van der Waals surface area contributed by atoms with E-state index in [1.807, 2.05) is 25.1 Å². The number of ether oxygens (including phenoxy) is 1. The summed E-state index contributed by atoms with van der Waals surface area (Å²) >= 11 is 0. The normalized spacial score (nSPS) is 13.1. The monoisotopic (exact) mass is 396 g/mol. The van der Waals surface area contributed by atoms with Crippen LogP contribution in [0.2, 0.25) is 0 Å². The highest BCUT2D eigenvalue weighted by molar-refractivity contribution is 6.01. The van der Waals surface area contributed by atoms with Gasteiger partial charge in [-0.05, 0) is 37.3 Å². The molecular formula is C23H28N2O4. The van der Waals surface area contributed by atoms with Gasteiger partial charge in [0.15, 0.2) is 5.78 Å². The fourth-order valence-electron chi connectivity index (χ4n) is 4.02. The van der Waals surface area contributed by atoms with Crippen molar-refractivity contribution in [1.82, 2.24) is 9.47 Å². The highest BCUT2D eigenvalue weighted by Crippen LogP contribution is 2.31. The quantitative estimate of drug-likeness (QED) is 0.675. The second kappa shape index (κ2) is 9.07. The van der Waals surface area contributed by atoms with Crippen LogP contribution in [0.3, 0.4) is 0 Å². The SMILES string of the molecule is COC(=O)CN(C)C(=O)Cc1c2c(n(CCc3ccccc3)c1C)CCCC2=O. The first kappa shape index (κ1) is 20.8. The molecule has 1 aromatic carbocycles. The van der Waals surface area contributed by atoms with Crippen molar-refractivity contribution < 1.29 is 19.1 Å². The van der Waals surface area contributed by atoms with Crippen LogP contribution < -0.4 is 0 Å². The number of rotatable bonds is 7. The van der Waals surface area contributed by atoms with Crippen LogP contribution >= 0.6 is 0 Å². The van der Waals surface area contributed by atoms with Gasteiger partial charge in [0, 0.05) is 37.0 Å². The van der Waals surface area contributed by atoms with Gasteiger partial charge in [-0.2, -0.15) is 0 Å². The van der Waals surface area contributed by atoms with Crippen LogP contribution in [-0.2, 0) is 40.1 Å². The van der Waals surface area contributed by atoms with E-state index in [0.717, 1.165) is 48.3 Å². The number of aryl methyl sites for hydroxylation is 1. The molecule has 0 saturated heterocycles. The highest BCUT2D eigenvalue weighted by atomic mass is 16.5. The fraction of sp³-hybridized carbons (Fsp3) is 0.435. The third-order valence-corrected chi connectivity index (χ3v) is 5.67. The maximum atomic E-state index is 12.7. The van der Waals surface area contributed by atoms with Gasteiger partial charge >= 0.3 is 5.97 Å². The average Bonchev–Trinajstić information content (AvgIpc) is 2.99. The minimum atomic E-state index is -0.462. The molecule has 154 valence electrons. The lowest BCUT2D eigenvalue weighted by Crippen LogP contribution is -2.34. The number of amides is 1. The third-order valence-electron chi connectivity index (χ3n) is 5.67. The minimum absolute atomic E-state index is 0.0980. The van der Waals surface area contributed by atoms with Crippen LogP contribution in [-0.4, -0.2) is 47.8 Å². The number of hydrogen-bond donors (Lipinski definition) is 0. The van der Waals surface area contributed by atoms with Crippen LogP contribution in [0.5, 0.6) is 0 Å². The van der Waals surface area contributed by atoms with Gasteiger partial charge in [-0.3, -0.25) is 14.4 Å². The number of methoxy groups -OCH3 is 1. The molecule has 1 heterocycles. The minimum Gasteiger partial charge on any atom is -0.468 e. The fourth-order valence-corrected chi connectivity index (χ4v) is 4.02. The van der Waals surface area contributed by atoms with Gasteiger partial charge in [-0.15, -0.1) is 0 Å². The molecule has 2 aromatic rings. The lowest BCUT2D eigenvalue weighted by atomic mass is 9.92. The highest BCUT2D eigenvalue weighted by Gasteiger charge is 2.29. The molecule has 6 heteroatoms. The third kappa shape index (κ3) is 4.58. The van der Waals surface area contributed by atoms with Crippen molar-refractivity contribution >= 4 is 17.7 Å². The Kier molecular flexibility index (Phi) is 6.52. The number of nitrogens with zero attached hydrogens (tertiary/aromatic N) is 2. The largest absolute Gasteiger partial charge is 0.468 e. The number of ketones is 1. The van der Waals surface area contributed by atoms with E-state index < -0.39 is 5.97 Å². The van der Waals surface area contributed by atoms with E-state index in [-0.39, 0.29) is 24.7 Å². The molecule has 29 heavy (non-hydrogen) atoms. The second-order valence-corrected chi connectivity index (χ2v) is 7.55. The van der Waals surface area contributed by atoms with Crippen molar-refractivity contribution in [1.29, 1.82) is 0 Å². The predicted molar refractivity (Wildman–Crippen MR) is 110 cm³/mol. The molecule has 0 fully saturated rings. The Balaban J connectivity index is 1.87. The first-order valence-corrected chi connectivity index (χ1v) is 10.0. The van der Waals surface area contributed by atoms with Crippen LogP contribution in [0.1, 0.15) is 45.7 Å². The van der Waals surface area contributed by atoms with E-state index in [2.05, 4.69) is 21.4 Å². The molecule has 1 amide bonds. The molecule has 1 aliphatic rings. The molecule has 0 saturated carbocycles. The maximum absolute atomic E-state index is 12.7. The molecule has 0 spiro atoms. The van der Waals surface area contributed by atoms with Crippen LogP contribution in [0.4, 0.5) is 0 Å². The Morgan fingerprint density at radius 3 is 2.59 bits per heavy atom. The summed E-state index contributed by atoms with van der Waals surface area (Å²) in [5.74, 6) is -0.540. The van der Waals surface area contributed by atoms with E-state index in [0.29, 0.717) is 6.42 Å². The topological polar surface area (TPSA) is 68.6 Å². The Labute approximate surface area is 171 Å². The van der Waals surface area contributed by atoms with Crippen molar-refractivity contribution in [2.45, 2.75) is 45.6 Å². The molecule has 0 radical (unpaired) electrons. The van der Waals surface area contributed by atoms with Gasteiger partial charge in [0.1, 0.15) is 6.54 Å². The van der Waals surface area contributed by atoms with E-state index in [1.54, 1.807) is 7.05 Å². The molecule has 0 unspecified atom stereocenters. The first-order chi connectivity index (χ1) is 13.9. The standard InChI is InChI=1S/C23H28N2O4/c1-16-18(14-21(27)24(2)15-22(28)29-3)23-19(10-7-11-20(23)26)25(16)13-12-17-8-5-4-6-9-17/h4-6,8-9H,7,10-15H2,1-3H3. The summed E-state index contributed by atoms with van der Waals surface area (Å²) in [5.41, 5.74) is 4.79. The zero-order valence-corrected chi connectivity index (χ0v) is 17.4. The molecule has 0 bridgehead atoms. The lowest BCUT2D eigenvalue weighted by molar-refractivity contribution is -0.145. The van der Waals surface area contributed by atoms with Gasteiger partial charge in [-0.25, -0.2) is 0 Å². The molecule has 1 aromatic heterocycles. The van der Waals surface area contributed by atoms with Crippen molar-refractivity contribution in [2.24, 2.45) is 0 Å². The Morgan fingerprint density at radius 2 is 1.90 bits per heavy atom. The average molecular weight is 396 g/mol. The van der Waals surface area contributed by atoms with E-state index in [1.165, 1.54) is 17.6 Å². The molecule has 3 rings (SSSR count). The van der Waals surface area contributed by atoms with Crippen LogP contribution in [0.15, 0.2) is 30.3 Å². The van der Waals surface area contributed by atoms with Crippen molar-refractivity contribution in [3.8, 4) is 0 Å². The number of carbonyl (C=O) groups is 3. The maximum Gasteiger partial charge on any atom is 0.325 e. The van der Waals surface area contributed by atoms with Gasteiger partial charge in [0.2, 0.25) is 5.91 Å². The number of benzene rings is 1. The number of Topliss-reactive ketones (excluding diaryl/α,β-unsaturated/α-hetero) is 1. The van der Waals surface area contributed by atoms with E-state index >= 15 is 0 Å². The van der Waals surface area contributed by atoms with E-state index in [4.69, 9.17) is 0 Å². The van der Waals surface area contributed by atoms with Crippen LogP contribution in [0.25, 0.3) is 0 Å². The summed E-state index contributed by atoms with van der Waals surface area (Å²) in [6.45, 7) is 2.66. The predicted octanol–water partition coefficient (Wildman–Crippen LogP) is 2.73. The zero-order chi connectivity index (χ0) is 21.0. The molecule has 0 aliphatic heterocycles. The Morgan fingerprint density at radius 1 is 1.17 bits per heavy atom. The number of likely N-dealkylation sites (N-methyl/N-ethyl adjacent to an activating group) is 1. The number of fused-ring (bicyclic) bond motifs is 1. The first-order valence-electron chi connectivity index (χ1n) is 10.0. The smallest absolute Gasteiger partial charge is 0.325 e. The zero-order valence-electron chi connectivity index (χ0n) is 17.4. The molecule has 0 N–H and O–H groups in total. The summed E-state index contributed by atoms with van der Waals surface area (Å²) in [6, 6.07) is 10.3. The number of carbonyl (C=O) groups excluding carboxylic acids is 3. The number of esters is 1. The second-order valence-electron chi connectivity index (χ2n) is 7.55. The summed E-state index contributed by atoms with van der Waals surface area (Å²) in [5, 5.41) is 0. The van der Waals surface area contributed by atoms with Gasteiger partial charge < -0.3 is 14.2 Å². The van der Waals surface area contributed by atoms with Crippen molar-refractivity contribution in [3.05, 3.63) is 58.4 Å². The van der Waals surface area contributed by atoms with Crippen molar-refractivity contribution in [3.63, 3.8) is 0 Å². The number of aromatic nitrogens is 1. The molecular weight excluding hydrogens is 368 g/mol. The van der Waals surface area contributed by atoms with Gasteiger partial charge in [0.25, 0.3) is 0 Å². The summed E-state index contributed by atoms with van der Waals surface area (Å²) < 4.78 is 6.85. The summed E-state index contributed by atoms with van der Waals surface area (Å²) in [6.07, 6.45) is 3.20. The lowest BCUT2D eigenvalue weighted by Gasteiger charge is -2.17. The Hall–Kier alpha value is -2.89. The molecule has 1 aliphatic carbocycles. The summed E-state index contributed by atoms with van der Waals surface area (Å²) in [7, 11) is 2.88. The number of hydrogen-bond acceptors (Lipinski definition) is 4. The molecule has 6 nitrogen and oxygen atoms in total. The van der Waals surface area contributed by atoms with Gasteiger partial charge in [-0.1, -0.05) is 30.3 Å². The van der Waals surface area contributed by atoms with Crippen LogP contribution in [0, 0.1) is 6.92 Å². The van der Waals surface area contributed by atoms with Crippen molar-refractivity contribution in [2.75, 3.05) is 20.7 Å². The summed E-state index contributed by atoms with van der Waals surface area (Å²) in [4.78, 5) is 38.2. The van der Waals surface area contributed by atoms with E-state index in [9.17, 15) is 14.4 Å². The van der Waals surface area contributed by atoms with Gasteiger partial charge in [0.05, 0.1) is 13.5 Å². The molecule has 0 atom stereocenters.